The normalized spacial score (nSPS) is 17.9. The zero-order chi connectivity index (χ0) is 20.3. The lowest BCUT2D eigenvalue weighted by molar-refractivity contribution is -0.145. The Balaban J connectivity index is 1.81. The fourth-order valence-corrected chi connectivity index (χ4v) is 4.55. The van der Waals surface area contributed by atoms with Crippen molar-refractivity contribution >= 4 is 21.9 Å². The third kappa shape index (κ3) is 4.15. The molecule has 0 radical (unpaired) electrons. The van der Waals surface area contributed by atoms with Crippen molar-refractivity contribution in [3.05, 3.63) is 54.6 Å². The number of piperazine rings is 1. The van der Waals surface area contributed by atoms with Gasteiger partial charge in [-0.15, -0.1) is 0 Å². The van der Waals surface area contributed by atoms with Gasteiger partial charge in [-0.05, 0) is 36.4 Å². The number of ether oxygens (including phenoxy) is 1. The molecule has 1 aliphatic heterocycles. The maximum absolute atomic E-state index is 13.0. The lowest BCUT2D eigenvalue weighted by atomic mass is 10.2. The van der Waals surface area contributed by atoms with Crippen LogP contribution in [-0.4, -0.2) is 60.3 Å². The summed E-state index contributed by atoms with van der Waals surface area (Å²) in [5, 5.41) is 9.46. The highest BCUT2D eigenvalue weighted by atomic mass is 32.2. The van der Waals surface area contributed by atoms with Gasteiger partial charge in [-0.1, -0.05) is 18.2 Å². The maximum atomic E-state index is 13.0. The predicted molar refractivity (Wildman–Crippen MR) is 101 cm³/mol. The highest BCUT2D eigenvalue weighted by Gasteiger charge is 2.40. The minimum Gasteiger partial charge on any atom is -0.480 e. The second-order valence-electron chi connectivity index (χ2n) is 6.32. The molecule has 1 heterocycles. The van der Waals surface area contributed by atoms with E-state index in [0.29, 0.717) is 11.5 Å². The first-order valence-corrected chi connectivity index (χ1v) is 10.1. The summed E-state index contributed by atoms with van der Waals surface area (Å²) in [6, 6.07) is 13.5. The molecule has 1 atom stereocenters. The summed E-state index contributed by atoms with van der Waals surface area (Å²) in [6.45, 7) is 1.21. The minimum atomic E-state index is -4.04. The van der Waals surface area contributed by atoms with E-state index in [0.717, 1.165) is 4.31 Å². The van der Waals surface area contributed by atoms with Crippen molar-refractivity contribution in [3.8, 4) is 11.5 Å². The SMILES string of the molecule is CC(=O)N1CCN(S(=O)(=O)c2ccc(Oc3ccccc3)cc2)C(C(=O)O)C1. The molecule has 28 heavy (non-hydrogen) atoms. The lowest BCUT2D eigenvalue weighted by Gasteiger charge is -2.37. The number of carbonyl (C=O) groups is 2. The number of carbonyl (C=O) groups excluding carboxylic acids is 1. The number of nitrogens with zero attached hydrogens (tertiary/aromatic N) is 2. The molecule has 2 aromatic rings. The molecule has 2 aromatic carbocycles. The maximum Gasteiger partial charge on any atom is 0.323 e. The number of carboxylic acid groups (broad SMARTS) is 1. The van der Waals surface area contributed by atoms with Crippen LogP contribution in [0.15, 0.2) is 59.5 Å². The Hall–Kier alpha value is -2.91. The zero-order valence-corrected chi connectivity index (χ0v) is 16.0. The fourth-order valence-electron chi connectivity index (χ4n) is 2.98. The van der Waals surface area contributed by atoms with Crippen molar-refractivity contribution in [3.63, 3.8) is 0 Å². The van der Waals surface area contributed by atoms with Gasteiger partial charge in [0.2, 0.25) is 15.9 Å². The van der Waals surface area contributed by atoms with Gasteiger partial charge in [0, 0.05) is 26.6 Å². The van der Waals surface area contributed by atoms with Crippen LogP contribution in [0.2, 0.25) is 0 Å². The van der Waals surface area contributed by atoms with Gasteiger partial charge in [0.15, 0.2) is 0 Å². The quantitative estimate of drug-likeness (QED) is 0.815. The largest absolute Gasteiger partial charge is 0.480 e. The minimum absolute atomic E-state index is 0.0320. The molecule has 1 N–H and O–H groups in total. The number of hydrogen-bond acceptors (Lipinski definition) is 5. The molecule has 1 unspecified atom stereocenters. The predicted octanol–water partition coefficient (Wildman–Crippen LogP) is 1.78. The van der Waals surface area contributed by atoms with E-state index in [1.54, 1.807) is 12.1 Å². The molecule has 148 valence electrons. The molecule has 0 saturated carbocycles. The van der Waals surface area contributed by atoms with Crippen molar-refractivity contribution in [1.82, 2.24) is 9.21 Å². The number of carboxylic acids is 1. The van der Waals surface area contributed by atoms with Gasteiger partial charge < -0.3 is 14.7 Å². The van der Waals surface area contributed by atoms with E-state index in [9.17, 15) is 23.1 Å². The van der Waals surface area contributed by atoms with Gasteiger partial charge >= 0.3 is 5.97 Å². The Morgan fingerprint density at radius 2 is 1.61 bits per heavy atom. The van der Waals surface area contributed by atoms with Crippen LogP contribution >= 0.6 is 0 Å². The second kappa shape index (κ2) is 7.99. The number of aliphatic carboxylic acids is 1. The molecule has 0 bridgehead atoms. The molecule has 1 amide bonds. The molecular weight excluding hydrogens is 384 g/mol. The number of amides is 1. The van der Waals surface area contributed by atoms with Crippen LogP contribution < -0.4 is 4.74 Å². The summed E-state index contributed by atoms with van der Waals surface area (Å²) in [4.78, 5) is 24.4. The number of para-hydroxylation sites is 1. The zero-order valence-electron chi connectivity index (χ0n) is 15.2. The van der Waals surface area contributed by atoms with E-state index in [4.69, 9.17) is 4.74 Å². The van der Waals surface area contributed by atoms with Gasteiger partial charge in [-0.2, -0.15) is 4.31 Å². The van der Waals surface area contributed by atoms with E-state index in [-0.39, 0.29) is 30.4 Å². The summed E-state index contributed by atoms with van der Waals surface area (Å²) >= 11 is 0. The molecule has 1 saturated heterocycles. The third-order valence-corrected chi connectivity index (χ3v) is 6.39. The highest BCUT2D eigenvalue weighted by Crippen LogP contribution is 2.26. The van der Waals surface area contributed by atoms with Crippen molar-refractivity contribution in [2.45, 2.75) is 17.9 Å². The van der Waals surface area contributed by atoms with Gasteiger partial charge in [-0.3, -0.25) is 9.59 Å². The molecule has 1 fully saturated rings. The van der Waals surface area contributed by atoms with Crippen molar-refractivity contribution in [2.75, 3.05) is 19.6 Å². The Morgan fingerprint density at radius 1 is 1.00 bits per heavy atom. The average Bonchev–Trinajstić information content (AvgIpc) is 2.68. The Kier molecular flexibility index (Phi) is 5.66. The van der Waals surface area contributed by atoms with Gasteiger partial charge in [0.1, 0.15) is 17.5 Å². The average molecular weight is 404 g/mol. The molecular formula is C19H20N2O6S. The van der Waals surface area contributed by atoms with Crippen molar-refractivity contribution < 1.29 is 27.9 Å². The van der Waals surface area contributed by atoms with E-state index in [2.05, 4.69) is 0 Å². The number of rotatable bonds is 5. The summed E-state index contributed by atoms with van der Waals surface area (Å²) in [7, 11) is -4.04. The van der Waals surface area contributed by atoms with Crippen LogP contribution in [0.1, 0.15) is 6.92 Å². The molecule has 8 nitrogen and oxygen atoms in total. The van der Waals surface area contributed by atoms with Crippen molar-refractivity contribution in [2.24, 2.45) is 0 Å². The van der Waals surface area contributed by atoms with Gasteiger partial charge in [0.25, 0.3) is 0 Å². The summed E-state index contributed by atoms with van der Waals surface area (Å²) < 4.78 is 32.5. The molecule has 9 heteroatoms. The first-order valence-electron chi connectivity index (χ1n) is 8.62. The monoisotopic (exact) mass is 404 g/mol. The standard InChI is InChI=1S/C19H20N2O6S/c1-14(22)20-11-12-21(18(13-20)19(23)24)28(25,26)17-9-7-16(8-10-17)27-15-5-3-2-4-6-15/h2-10,18H,11-13H2,1H3,(H,23,24). The number of hydrogen-bond donors (Lipinski definition) is 1. The molecule has 0 aromatic heterocycles. The Bertz CT molecular complexity index is 960. The summed E-state index contributed by atoms with van der Waals surface area (Å²) in [6.07, 6.45) is 0. The van der Waals surface area contributed by atoms with E-state index >= 15 is 0 Å². The summed E-state index contributed by atoms with van der Waals surface area (Å²) in [5.74, 6) is -0.505. The molecule has 3 rings (SSSR count). The number of benzene rings is 2. The first kappa shape index (κ1) is 19.8. The van der Waals surface area contributed by atoms with Crippen molar-refractivity contribution in [1.29, 1.82) is 0 Å². The van der Waals surface area contributed by atoms with Crippen LogP contribution in [-0.2, 0) is 19.6 Å². The third-order valence-electron chi connectivity index (χ3n) is 4.47. The molecule has 1 aliphatic rings. The number of sulfonamides is 1. The van der Waals surface area contributed by atoms with E-state index < -0.39 is 22.0 Å². The Labute approximate surface area is 163 Å². The lowest BCUT2D eigenvalue weighted by Crippen LogP contribution is -2.58. The van der Waals surface area contributed by atoms with Crippen LogP contribution in [0.4, 0.5) is 0 Å². The van der Waals surface area contributed by atoms with Crippen LogP contribution in [0.3, 0.4) is 0 Å². The highest BCUT2D eigenvalue weighted by molar-refractivity contribution is 7.89. The molecule has 0 aliphatic carbocycles. The molecule has 0 spiro atoms. The van der Waals surface area contributed by atoms with E-state index in [1.165, 1.54) is 36.1 Å². The Morgan fingerprint density at radius 3 is 2.18 bits per heavy atom. The smallest absolute Gasteiger partial charge is 0.323 e. The summed E-state index contributed by atoms with van der Waals surface area (Å²) in [5.41, 5.74) is 0. The van der Waals surface area contributed by atoms with E-state index in [1.807, 2.05) is 18.2 Å². The first-order chi connectivity index (χ1) is 13.3. The van der Waals surface area contributed by atoms with Crippen LogP contribution in [0.5, 0.6) is 11.5 Å². The van der Waals surface area contributed by atoms with Crippen LogP contribution in [0, 0.1) is 0 Å². The second-order valence-corrected chi connectivity index (χ2v) is 8.21. The topological polar surface area (TPSA) is 104 Å². The van der Waals surface area contributed by atoms with Gasteiger partial charge in [0.05, 0.1) is 4.90 Å². The van der Waals surface area contributed by atoms with Gasteiger partial charge in [-0.25, -0.2) is 8.42 Å². The van der Waals surface area contributed by atoms with Crippen LogP contribution in [0.25, 0.3) is 0 Å². The fraction of sp³-hybridized carbons (Fsp3) is 0.263.